The smallest absolute Gasteiger partial charge is 0.328 e. The number of benzene rings is 1. The Kier molecular flexibility index (Phi) is 9.12. The SMILES string of the molecule is CCOC(=O)[C@H](CCc1ccccc1)NC(C)C(=O)N1CCC[C@H]1C(=O)OCC. The number of hydrogen-bond acceptors (Lipinski definition) is 6. The second-order valence-electron chi connectivity index (χ2n) is 7.16. The first-order valence-electron chi connectivity index (χ1n) is 10.4. The summed E-state index contributed by atoms with van der Waals surface area (Å²) in [5.74, 6) is -0.933. The lowest BCUT2D eigenvalue weighted by molar-refractivity contribution is -0.154. The fourth-order valence-electron chi connectivity index (χ4n) is 3.60. The first-order chi connectivity index (χ1) is 14.0. The van der Waals surface area contributed by atoms with Gasteiger partial charge in [0.05, 0.1) is 19.3 Å². The van der Waals surface area contributed by atoms with Crippen molar-refractivity contribution >= 4 is 17.8 Å². The molecule has 0 spiro atoms. The molecule has 1 aromatic rings. The number of esters is 2. The highest BCUT2D eigenvalue weighted by molar-refractivity contribution is 5.88. The van der Waals surface area contributed by atoms with Crippen molar-refractivity contribution in [2.45, 2.75) is 64.6 Å². The van der Waals surface area contributed by atoms with Gasteiger partial charge < -0.3 is 14.4 Å². The van der Waals surface area contributed by atoms with Crippen molar-refractivity contribution in [2.24, 2.45) is 0 Å². The lowest BCUT2D eigenvalue weighted by Gasteiger charge is -2.28. The number of hydrogen-bond donors (Lipinski definition) is 1. The number of amides is 1. The molecule has 0 radical (unpaired) electrons. The van der Waals surface area contributed by atoms with Crippen LogP contribution in [0.4, 0.5) is 0 Å². The molecule has 160 valence electrons. The van der Waals surface area contributed by atoms with Gasteiger partial charge in [-0.05, 0) is 52.0 Å². The summed E-state index contributed by atoms with van der Waals surface area (Å²) in [7, 11) is 0. The molecule has 7 heteroatoms. The fraction of sp³-hybridized carbons (Fsp3) is 0.591. The van der Waals surface area contributed by atoms with Crippen LogP contribution in [-0.4, -0.2) is 60.6 Å². The molecular weight excluding hydrogens is 372 g/mol. The van der Waals surface area contributed by atoms with E-state index in [2.05, 4.69) is 5.32 Å². The van der Waals surface area contributed by atoms with Crippen LogP contribution in [0.25, 0.3) is 0 Å². The van der Waals surface area contributed by atoms with Crippen LogP contribution in [0.2, 0.25) is 0 Å². The third kappa shape index (κ3) is 6.56. The summed E-state index contributed by atoms with van der Waals surface area (Å²) < 4.78 is 10.3. The van der Waals surface area contributed by atoms with Crippen LogP contribution < -0.4 is 5.32 Å². The molecule has 0 aliphatic carbocycles. The van der Waals surface area contributed by atoms with Crippen LogP contribution >= 0.6 is 0 Å². The highest BCUT2D eigenvalue weighted by Gasteiger charge is 2.37. The summed E-state index contributed by atoms with van der Waals surface area (Å²) in [6, 6.07) is 8.11. The lowest BCUT2D eigenvalue weighted by atomic mass is 10.0. The summed E-state index contributed by atoms with van der Waals surface area (Å²) in [5, 5.41) is 3.12. The molecule has 1 aromatic carbocycles. The molecule has 0 saturated carbocycles. The quantitative estimate of drug-likeness (QED) is 0.601. The van der Waals surface area contributed by atoms with Crippen LogP contribution in [0.15, 0.2) is 30.3 Å². The predicted molar refractivity (Wildman–Crippen MR) is 109 cm³/mol. The van der Waals surface area contributed by atoms with E-state index in [4.69, 9.17) is 9.47 Å². The minimum Gasteiger partial charge on any atom is -0.465 e. The average Bonchev–Trinajstić information content (AvgIpc) is 3.21. The third-order valence-electron chi connectivity index (χ3n) is 5.05. The Hall–Kier alpha value is -2.41. The second-order valence-corrected chi connectivity index (χ2v) is 7.16. The Bertz CT molecular complexity index is 679. The van der Waals surface area contributed by atoms with Gasteiger partial charge in [-0.25, -0.2) is 4.79 Å². The van der Waals surface area contributed by atoms with Crippen LogP contribution in [0, 0.1) is 0 Å². The van der Waals surface area contributed by atoms with Gasteiger partial charge in [0.2, 0.25) is 5.91 Å². The van der Waals surface area contributed by atoms with E-state index in [1.54, 1.807) is 25.7 Å². The van der Waals surface area contributed by atoms with Crippen molar-refractivity contribution in [1.82, 2.24) is 10.2 Å². The predicted octanol–water partition coefficient (Wildman–Crippen LogP) is 2.08. The summed E-state index contributed by atoms with van der Waals surface area (Å²) in [4.78, 5) is 39.1. The monoisotopic (exact) mass is 404 g/mol. The molecule has 1 amide bonds. The van der Waals surface area contributed by atoms with Crippen molar-refractivity contribution in [2.75, 3.05) is 19.8 Å². The highest BCUT2D eigenvalue weighted by Crippen LogP contribution is 2.20. The maximum atomic E-state index is 13.0. The lowest BCUT2D eigenvalue weighted by Crippen LogP contribution is -2.53. The number of nitrogens with one attached hydrogen (secondary N) is 1. The van der Waals surface area contributed by atoms with Gasteiger partial charge in [0.1, 0.15) is 12.1 Å². The Morgan fingerprint density at radius 1 is 1.14 bits per heavy atom. The zero-order chi connectivity index (χ0) is 21.2. The van der Waals surface area contributed by atoms with Crippen LogP contribution in [0.3, 0.4) is 0 Å². The Morgan fingerprint density at radius 2 is 1.83 bits per heavy atom. The summed E-state index contributed by atoms with van der Waals surface area (Å²) >= 11 is 0. The Morgan fingerprint density at radius 3 is 2.48 bits per heavy atom. The minimum atomic E-state index is -0.616. The van der Waals surface area contributed by atoms with E-state index < -0.39 is 18.1 Å². The Balaban J connectivity index is 2.01. The molecule has 29 heavy (non-hydrogen) atoms. The highest BCUT2D eigenvalue weighted by atomic mass is 16.5. The minimum absolute atomic E-state index is 0.199. The van der Waals surface area contributed by atoms with E-state index in [-0.39, 0.29) is 31.1 Å². The van der Waals surface area contributed by atoms with Gasteiger partial charge in [-0.1, -0.05) is 30.3 Å². The topological polar surface area (TPSA) is 84.9 Å². The maximum Gasteiger partial charge on any atom is 0.328 e. The van der Waals surface area contributed by atoms with Gasteiger partial charge >= 0.3 is 11.9 Å². The molecule has 1 fully saturated rings. The van der Waals surface area contributed by atoms with Crippen molar-refractivity contribution in [1.29, 1.82) is 0 Å². The van der Waals surface area contributed by atoms with Crippen molar-refractivity contribution in [3.63, 3.8) is 0 Å². The van der Waals surface area contributed by atoms with Gasteiger partial charge in [0, 0.05) is 6.54 Å². The van der Waals surface area contributed by atoms with Gasteiger partial charge in [-0.15, -0.1) is 0 Å². The number of rotatable bonds is 10. The van der Waals surface area contributed by atoms with Gasteiger partial charge in [-0.2, -0.15) is 0 Å². The summed E-state index contributed by atoms with van der Waals surface area (Å²) in [5.41, 5.74) is 1.12. The molecule has 1 unspecified atom stereocenters. The van der Waals surface area contributed by atoms with E-state index in [9.17, 15) is 14.4 Å². The molecule has 1 aliphatic rings. The molecule has 3 atom stereocenters. The number of carbonyl (C=O) groups is 3. The zero-order valence-corrected chi connectivity index (χ0v) is 17.6. The van der Waals surface area contributed by atoms with Crippen LogP contribution in [-0.2, 0) is 30.3 Å². The molecule has 1 heterocycles. The molecule has 0 aromatic heterocycles. The largest absolute Gasteiger partial charge is 0.465 e. The molecule has 1 N–H and O–H groups in total. The summed E-state index contributed by atoms with van der Waals surface area (Å²) in [6.45, 7) is 6.31. The van der Waals surface area contributed by atoms with Crippen molar-refractivity contribution in [3.8, 4) is 0 Å². The van der Waals surface area contributed by atoms with E-state index in [1.165, 1.54) is 0 Å². The number of aryl methyl sites for hydroxylation is 1. The first kappa shape index (κ1) is 22.9. The van der Waals surface area contributed by atoms with Gasteiger partial charge in [0.25, 0.3) is 0 Å². The standard InChI is InChI=1S/C22H32N2O5/c1-4-28-21(26)18(14-13-17-10-7-6-8-11-17)23-16(3)20(25)24-15-9-12-19(24)22(27)29-5-2/h6-8,10-11,16,18-19,23H,4-5,9,12-15H2,1-3H3/t16?,18-,19-/m0/s1. The molecular formula is C22H32N2O5. The number of nitrogens with zero attached hydrogens (tertiary/aromatic N) is 1. The van der Waals surface area contributed by atoms with Gasteiger partial charge in [-0.3, -0.25) is 14.9 Å². The third-order valence-corrected chi connectivity index (χ3v) is 5.05. The second kappa shape index (κ2) is 11.6. The van der Waals surface area contributed by atoms with Crippen LogP contribution in [0.1, 0.15) is 45.6 Å². The van der Waals surface area contributed by atoms with E-state index in [0.717, 1.165) is 12.0 Å². The van der Waals surface area contributed by atoms with Crippen molar-refractivity contribution in [3.05, 3.63) is 35.9 Å². The fourth-order valence-corrected chi connectivity index (χ4v) is 3.60. The van der Waals surface area contributed by atoms with E-state index in [1.807, 2.05) is 30.3 Å². The molecule has 7 nitrogen and oxygen atoms in total. The van der Waals surface area contributed by atoms with Gasteiger partial charge in [0.15, 0.2) is 0 Å². The van der Waals surface area contributed by atoms with Crippen molar-refractivity contribution < 1.29 is 23.9 Å². The molecule has 0 bridgehead atoms. The number of ether oxygens (including phenoxy) is 2. The zero-order valence-electron chi connectivity index (χ0n) is 17.6. The maximum absolute atomic E-state index is 13.0. The number of likely N-dealkylation sites (tertiary alicyclic amines) is 1. The van der Waals surface area contributed by atoms with E-state index >= 15 is 0 Å². The summed E-state index contributed by atoms with van der Waals surface area (Å²) in [6.07, 6.45) is 2.57. The molecule has 1 saturated heterocycles. The number of carbonyl (C=O) groups excluding carboxylic acids is 3. The molecule has 2 rings (SSSR count). The normalized spacial score (nSPS) is 18.2. The average molecular weight is 405 g/mol. The van der Waals surface area contributed by atoms with Crippen LogP contribution in [0.5, 0.6) is 0 Å². The Labute approximate surface area is 172 Å². The molecule has 1 aliphatic heterocycles. The first-order valence-corrected chi connectivity index (χ1v) is 10.4. The van der Waals surface area contributed by atoms with E-state index in [0.29, 0.717) is 25.8 Å².